The van der Waals surface area contributed by atoms with Crippen LogP contribution in [0.15, 0.2) is 6.07 Å². The lowest BCUT2D eigenvalue weighted by Gasteiger charge is -2.26. The summed E-state index contributed by atoms with van der Waals surface area (Å²) in [6, 6.07) is 1.04. The van der Waals surface area contributed by atoms with Crippen molar-refractivity contribution < 1.29 is 46.5 Å². The Bertz CT molecular complexity index is 642. The molecule has 8 nitrogen and oxygen atoms in total. The number of amides is 1. The molecule has 0 radical (unpaired) electrons. The molecule has 0 bridgehead atoms. The second-order valence-electron chi connectivity index (χ2n) is 5.27. The highest BCUT2D eigenvalue weighted by molar-refractivity contribution is 5.92. The van der Waals surface area contributed by atoms with Gasteiger partial charge >= 0.3 is 18.1 Å². The minimum Gasteiger partial charge on any atom is -0.493 e. The van der Waals surface area contributed by atoms with Gasteiger partial charge in [-0.25, -0.2) is 9.48 Å². The van der Waals surface area contributed by atoms with E-state index in [1.807, 2.05) is 0 Å². The molecule has 0 fully saturated rings. The molecule has 0 saturated carbocycles. The highest BCUT2D eigenvalue weighted by Gasteiger charge is 2.62. The number of nitrogens with zero attached hydrogens (tertiary/aromatic N) is 2. The van der Waals surface area contributed by atoms with Crippen LogP contribution in [0.5, 0.6) is 5.88 Å². The van der Waals surface area contributed by atoms with E-state index in [9.17, 15) is 41.8 Å². The van der Waals surface area contributed by atoms with Crippen LogP contribution < -0.4 is 5.32 Å². The number of carbonyl (C=O) groups is 2. The Morgan fingerprint density at radius 1 is 1.35 bits per heavy atom. The maximum absolute atomic E-state index is 13.0. The van der Waals surface area contributed by atoms with Gasteiger partial charge in [-0.05, 0) is 6.92 Å². The van der Waals surface area contributed by atoms with Crippen LogP contribution in [0.2, 0.25) is 0 Å². The number of aromatic nitrogens is 2. The molecular formula is C13H16F5N3O5. The van der Waals surface area contributed by atoms with Gasteiger partial charge in [0, 0.05) is 26.1 Å². The van der Waals surface area contributed by atoms with Gasteiger partial charge in [-0.2, -0.15) is 27.1 Å². The van der Waals surface area contributed by atoms with Gasteiger partial charge in [0.1, 0.15) is 0 Å². The summed E-state index contributed by atoms with van der Waals surface area (Å²) in [5, 5.41) is 24.6. The minimum absolute atomic E-state index is 0.166. The van der Waals surface area contributed by atoms with Gasteiger partial charge in [0.25, 0.3) is 5.91 Å². The van der Waals surface area contributed by atoms with E-state index in [4.69, 9.17) is 0 Å². The lowest BCUT2D eigenvalue weighted by molar-refractivity contribution is -0.312. The van der Waals surface area contributed by atoms with Gasteiger partial charge in [-0.15, -0.1) is 0 Å². The van der Waals surface area contributed by atoms with Gasteiger partial charge in [-0.1, -0.05) is 0 Å². The first-order chi connectivity index (χ1) is 11.8. The molecule has 26 heavy (non-hydrogen) atoms. The molecule has 0 saturated heterocycles. The zero-order chi connectivity index (χ0) is 20.3. The summed E-state index contributed by atoms with van der Waals surface area (Å²) in [6.45, 7) is 0.00388. The first-order valence-electron chi connectivity index (χ1n) is 7.11. The number of aliphatic hydroxyl groups is 1. The number of hydrogen-bond donors (Lipinski definition) is 3. The summed E-state index contributed by atoms with van der Waals surface area (Å²) >= 11 is 0. The molecule has 0 aliphatic carbocycles. The molecular weight excluding hydrogens is 373 g/mol. The van der Waals surface area contributed by atoms with Crippen LogP contribution in [0.25, 0.3) is 0 Å². The van der Waals surface area contributed by atoms with Crippen molar-refractivity contribution in [1.29, 1.82) is 0 Å². The molecule has 0 aromatic carbocycles. The third-order valence-corrected chi connectivity index (χ3v) is 3.24. The van der Waals surface area contributed by atoms with Crippen molar-refractivity contribution in [3.05, 3.63) is 11.8 Å². The van der Waals surface area contributed by atoms with Crippen molar-refractivity contribution in [3.8, 4) is 5.88 Å². The highest BCUT2D eigenvalue weighted by atomic mass is 19.4. The zero-order valence-electron chi connectivity index (χ0n) is 13.5. The molecule has 3 N–H and O–H groups in total. The van der Waals surface area contributed by atoms with Crippen molar-refractivity contribution in [3.63, 3.8) is 0 Å². The SMILES string of the molecule is CC(OC(=O)C(O)CCNC(=O)c1cc(O)n(C)n1)C(F)(F)C(F)(F)F. The Morgan fingerprint density at radius 3 is 2.38 bits per heavy atom. The number of hydrogen-bond acceptors (Lipinski definition) is 6. The van der Waals surface area contributed by atoms with Crippen LogP contribution in [0.1, 0.15) is 23.8 Å². The van der Waals surface area contributed by atoms with E-state index in [0.717, 1.165) is 10.7 Å². The molecule has 1 rings (SSSR count). The number of ether oxygens (including phenoxy) is 1. The second kappa shape index (κ2) is 7.85. The lowest BCUT2D eigenvalue weighted by Crippen LogP contribution is -2.48. The van der Waals surface area contributed by atoms with Gasteiger partial charge in [0.2, 0.25) is 5.88 Å². The monoisotopic (exact) mass is 389 g/mol. The fourth-order valence-electron chi connectivity index (χ4n) is 1.66. The van der Waals surface area contributed by atoms with Crippen LogP contribution in [0, 0.1) is 0 Å². The summed E-state index contributed by atoms with van der Waals surface area (Å²) in [5.74, 6) is -8.03. The Labute approximate surface area is 143 Å². The predicted octanol–water partition coefficient (Wildman–Crippen LogP) is 0.736. The molecule has 1 aromatic heterocycles. The molecule has 2 atom stereocenters. The largest absolute Gasteiger partial charge is 0.493 e. The van der Waals surface area contributed by atoms with Crippen molar-refractivity contribution in [1.82, 2.24) is 15.1 Å². The molecule has 148 valence electrons. The van der Waals surface area contributed by atoms with E-state index in [1.54, 1.807) is 0 Å². The van der Waals surface area contributed by atoms with E-state index in [0.29, 0.717) is 6.92 Å². The number of esters is 1. The average molecular weight is 389 g/mol. The number of nitrogens with one attached hydrogen (secondary N) is 1. The Kier molecular flexibility index (Phi) is 6.52. The molecule has 0 spiro atoms. The van der Waals surface area contributed by atoms with Crippen LogP contribution in [-0.2, 0) is 16.6 Å². The number of halogens is 5. The average Bonchev–Trinajstić information content (AvgIpc) is 2.85. The van der Waals surface area contributed by atoms with Gasteiger partial charge < -0.3 is 20.3 Å². The third kappa shape index (κ3) is 5.03. The van der Waals surface area contributed by atoms with Crippen molar-refractivity contribution in [2.45, 2.75) is 37.7 Å². The number of aromatic hydroxyl groups is 1. The molecule has 1 aromatic rings. The number of aliphatic hydroxyl groups excluding tert-OH is 1. The van der Waals surface area contributed by atoms with Crippen molar-refractivity contribution in [2.75, 3.05) is 6.54 Å². The summed E-state index contributed by atoms with van der Waals surface area (Å²) in [7, 11) is 1.36. The summed E-state index contributed by atoms with van der Waals surface area (Å²) in [5.41, 5.74) is -0.166. The van der Waals surface area contributed by atoms with E-state index in [-0.39, 0.29) is 18.1 Å². The quantitative estimate of drug-likeness (QED) is 0.468. The molecule has 2 unspecified atom stereocenters. The van der Waals surface area contributed by atoms with E-state index < -0.39 is 42.6 Å². The van der Waals surface area contributed by atoms with Gasteiger partial charge in [0.05, 0.1) is 0 Å². The fraction of sp³-hybridized carbons (Fsp3) is 0.615. The van der Waals surface area contributed by atoms with E-state index in [1.165, 1.54) is 7.05 Å². The maximum atomic E-state index is 13.0. The zero-order valence-corrected chi connectivity index (χ0v) is 13.5. The molecule has 0 aliphatic heterocycles. The third-order valence-electron chi connectivity index (χ3n) is 3.24. The van der Waals surface area contributed by atoms with E-state index >= 15 is 0 Å². The molecule has 1 heterocycles. The Balaban J connectivity index is 2.48. The fourth-order valence-corrected chi connectivity index (χ4v) is 1.66. The first-order valence-corrected chi connectivity index (χ1v) is 7.11. The number of rotatable bonds is 7. The smallest absolute Gasteiger partial charge is 0.457 e. The Hall–Kier alpha value is -2.44. The van der Waals surface area contributed by atoms with Crippen LogP contribution in [0.4, 0.5) is 22.0 Å². The summed E-state index contributed by atoms with van der Waals surface area (Å²) in [4.78, 5) is 23.0. The number of carbonyl (C=O) groups excluding carboxylic acids is 2. The molecule has 0 aliphatic rings. The highest BCUT2D eigenvalue weighted by Crippen LogP contribution is 2.39. The minimum atomic E-state index is -5.92. The second-order valence-corrected chi connectivity index (χ2v) is 5.27. The maximum Gasteiger partial charge on any atom is 0.457 e. The van der Waals surface area contributed by atoms with Gasteiger partial charge in [0.15, 0.2) is 17.9 Å². The summed E-state index contributed by atoms with van der Waals surface area (Å²) < 4.78 is 67.3. The van der Waals surface area contributed by atoms with Crippen LogP contribution in [0.3, 0.4) is 0 Å². The van der Waals surface area contributed by atoms with Gasteiger partial charge in [-0.3, -0.25) is 4.79 Å². The molecule has 13 heteroatoms. The number of alkyl halides is 5. The van der Waals surface area contributed by atoms with Crippen molar-refractivity contribution >= 4 is 11.9 Å². The van der Waals surface area contributed by atoms with Crippen LogP contribution in [-0.4, -0.2) is 62.7 Å². The lowest BCUT2D eigenvalue weighted by atomic mass is 10.2. The Morgan fingerprint density at radius 2 is 1.92 bits per heavy atom. The standard InChI is InChI=1S/C13H16F5N3O5/c1-6(12(14,15)13(16,17)18)26-11(25)8(22)3-4-19-10(24)7-5-9(23)21(2)20-7/h5-6,8,22-23H,3-4H2,1-2H3,(H,19,24). The topological polar surface area (TPSA) is 114 Å². The normalized spacial score (nSPS) is 14.6. The first kappa shape index (κ1) is 21.6. The number of aryl methyl sites for hydroxylation is 1. The summed E-state index contributed by atoms with van der Waals surface area (Å²) in [6.07, 6.45) is -11.3. The predicted molar refractivity (Wildman–Crippen MR) is 74.4 cm³/mol. The molecule has 1 amide bonds. The van der Waals surface area contributed by atoms with E-state index in [2.05, 4.69) is 15.2 Å². The van der Waals surface area contributed by atoms with Crippen molar-refractivity contribution in [2.24, 2.45) is 7.05 Å². The van der Waals surface area contributed by atoms with Crippen LogP contribution >= 0.6 is 0 Å².